The Hall–Kier alpha value is -3.93. The Balaban J connectivity index is 2.25. The number of ether oxygens (including phenoxy) is 2. The first-order valence-electron chi connectivity index (χ1n) is 9.73. The normalized spacial score (nSPS) is 12.6. The third-order valence-electron chi connectivity index (χ3n) is 5.03. The van der Waals surface area contributed by atoms with Crippen molar-refractivity contribution in [3.63, 3.8) is 0 Å². The van der Waals surface area contributed by atoms with Crippen LogP contribution in [0.4, 0.5) is 4.79 Å². The fourth-order valence-corrected chi connectivity index (χ4v) is 3.64. The van der Waals surface area contributed by atoms with E-state index < -0.39 is 23.5 Å². The molecule has 0 saturated carbocycles. The van der Waals surface area contributed by atoms with Gasteiger partial charge in [0.1, 0.15) is 5.82 Å². The van der Waals surface area contributed by atoms with Gasteiger partial charge in [0.2, 0.25) is 5.75 Å². The molecule has 3 rings (SSSR count). The third-order valence-corrected chi connectivity index (χ3v) is 5.03. The van der Waals surface area contributed by atoms with Gasteiger partial charge in [-0.15, -0.1) is 0 Å². The van der Waals surface area contributed by atoms with Gasteiger partial charge in [0, 0.05) is 25.1 Å². The van der Waals surface area contributed by atoms with Crippen molar-refractivity contribution < 1.29 is 14.3 Å². The minimum atomic E-state index is -0.834. The van der Waals surface area contributed by atoms with Gasteiger partial charge in [0.15, 0.2) is 0 Å². The van der Waals surface area contributed by atoms with E-state index in [0.717, 1.165) is 15.7 Å². The maximum Gasteiger partial charge on any atom is 0.422 e. The maximum atomic E-state index is 12.9. The fourth-order valence-electron chi connectivity index (χ4n) is 3.64. The van der Waals surface area contributed by atoms with Crippen molar-refractivity contribution in [3.8, 4) is 11.8 Å². The molecule has 160 valence electrons. The van der Waals surface area contributed by atoms with Crippen LogP contribution in [0.5, 0.6) is 5.75 Å². The second kappa shape index (κ2) is 9.26. The Morgan fingerprint density at radius 3 is 2.65 bits per heavy atom. The maximum absolute atomic E-state index is 12.9. The van der Waals surface area contributed by atoms with E-state index in [9.17, 15) is 14.9 Å². The standard InChI is InChI=1S/C22H23N5O4/c1-5-31-22(29)27-20(24-12-18(30-4)21(27)28)14(2)19(16-11-25-26(3)13-16)17-9-7-6-8-15(17)10-23/h6-9,11-14,19H,5H2,1-4H3. The molecule has 0 spiro atoms. The van der Waals surface area contributed by atoms with Crippen LogP contribution in [0.3, 0.4) is 0 Å². The van der Waals surface area contributed by atoms with Gasteiger partial charge in [-0.2, -0.15) is 14.9 Å². The molecule has 0 amide bonds. The molecule has 0 N–H and O–H groups in total. The summed E-state index contributed by atoms with van der Waals surface area (Å²) in [5, 5.41) is 13.9. The number of hydrogen-bond acceptors (Lipinski definition) is 7. The predicted octanol–water partition coefficient (Wildman–Crippen LogP) is 2.80. The Morgan fingerprint density at radius 1 is 1.29 bits per heavy atom. The van der Waals surface area contributed by atoms with Gasteiger partial charge in [-0.3, -0.25) is 9.48 Å². The lowest BCUT2D eigenvalue weighted by Crippen LogP contribution is -2.34. The molecule has 2 heterocycles. The molecule has 31 heavy (non-hydrogen) atoms. The van der Waals surface area contributed by atoms with E-state index in [4.69, 9.17) is 9.47 Å². The van der Waals surface area contributed by atoms with E-state index in [0.29, 0.717) is 5.56 Å². The van der Waals surface area contributed by atoms with Gasteiger partial charge in [-0.1, -0.05) is 25.1 Å². The number of carbonyl (C=O) groups excluding carboxylic acids is 1. The number of rotatable bonds is 6. The first-order chi connectivity index (χ1) is 14.9. The van der Waals surface area contributed by atoms with Gasteiger partial charge in [-0.05, 0) is 24.1 Å². The van der Waals surface area contributed by atoms with Crippen LogP contribution < -0.4 is 10.3 Å². The van der Waals surface area contributed by atoms with Crippen LogP contribution in [0.2, 0.25) is 0 Å². The van der Waals surface area contributed by atoms with Crippen LogP contribution in [0.1, 0.15) is 48.2 Å². The Kier molecular flexibility index (Phi) is 6.50. The number of aromatic nitrogens is 4. The lowest BCUT2D eigenvalue weighted by molar-refractivity contribution is 0.150. The Bertz CT molecular complexity index is 1190. The minimum Gasteiger partial charge on any atom is -0.490 e. The molecule has 3 aromatic rings. The molecule has 0 aliphatic rings. The molecule has 2 unspecified atom stereocenters. The van der Waals surface area contributed by atoms with Gasteiger partial charge < -0.3 is 9.47 Å². The third kappa shape index (κ3) is 4.19. The average molecular weight is 421 g/mol. The summed E-state index contributed by atoms with van der Waals surface area (Å²) >= 11 is 0. The average Bonchev–Trinajstić information content (AvgIpc) is 3.19. The quantitative estimate of drug-likeness (QED) is 0.601. The molecule has 0 saturated heterocycles. The van der Waals surface area contributed by atoms with Gasteiger partial charge in [0.25, 0.3) is 0 Å². The van der Waals surface area contributed by atoms with Crippen LogP contribution in [-0.2, 0) is 11.8 Å². The summed E-state index contributed by atoms with van der Waals surface area (Å²) in [5.74, 6) is -0.752. The summed E-state index contributed by atoms with van der Waals surface area (Å²) in [4.78, 5) is 29.9. The summed E-state index contributed by atoms with van der Waals surface area (Å²) in [5.41, 5.74) is 1.39. The monoisotopic (exact) mass is 421 g/mol. The molecular weight excluding hydrogens is 398 g/mol. The highest BCUT2D eigenvalue weighted by Gasteiger charge is 2.31. The van der Waals surface area contributed by atoms with E-state index >= 15 is 0 Å². The highest BCUT2D eigenvalue weighted by Crippen LogP contribution is 2.38. The molecule has 0 aliphatic heterocycles. The molecule has 0 aliphatic carbocycles. The molecule has 2 aromatic heterocycles. The zero-order chi connectivity index (χ0) is 22.5. The molecule has 0 bridgehead atoms. The van der Waals surface area contributed by atoms with Crippen molar-refractivity contribution in [1.29, 1.82) is 5.26 Å². The highest BCUT2D eigenvalue weighted by atomic mass is 16.5. The van der Waals surface area contributed by atoms with Crippen molar-refractivity contribution >= 4 is 6.09 Å². The second-order valence-electron chi connectivity index (χ2n) is 6.94. The van der Waals surface area contributed by atoms with Crippen LogP contribution >= 0.6 is 0 Å². The van der Waals surface area contributed by atoms with E-state index in [2.05, 4.69) is 16.2 Å². The molecule has 9 heteroatoms. The fraction of sp³-hybridized carbons (Fsp3) is 0.318. The number of aryl methyl sites for hydroxylation is 1. The Morgan fingerprint density at radius 2 is 2.03 bits per heavy atom. The second-order valence-corrected chi connectivity index (χ2v) is 6.94. The number of hydrogen-bond donors (Lipinski definition) is 0. The summed E-state index contributed by atoms with van der Waals surface area (Å²) in [6, 6.07) is 9.42. The van der Waals surface area contributed by atoms with Crippen molar-refractivity contribution in [3.05, 3.63) is 75.7 Å². The Labute approximate surface area is 179 Å². The molecular formula is C22H23N5O4. The number of nitrogens with zero attached hydrogens (tertiary/aromatic N) is 5. The van der Waals surface area contributed by atoms with Gasteiger partial charge in [0.05, 0.1) is 37.7 Å². The topological polar surface area (TPSA) is 112 Å². The lowest BCUT2D eigenvalue weighted by atomic mass is 9.80. The largest absolute Gasteiger partial charge is 0.490 e. The van der Waals surface area contributed by atoms with E-state index in [1.807, 2.05) is 25.3 Å². The van der Waals surface area contributed by atoms with Crippen molar-refractivity contribution in [1.82, 2.24) is 19.3 Å². The summed E-state index contributed by atoms with van der Waals surface area (Å²) in [6.07, 6.45) is 4.00. The summed E-state index contributed by atoms with van der Waals surface area (Å²) in [6.45, 7) is 3.59. The summed E-state index contributed by atoms with van der Waals surface area (Å²) < 4.78 is 12.7. The zero-order valence-electron chi connectivity index (χ0n) is 17.8. The zero-order valence-corrected chi connectivity index (χ0v) is 17.8. The van der Waals surface area contributed by atoms with E-state index in [1.165, 1.54) is 13.3 Å². The molecule has 0 fully saturated rings. The highest BCUT2D eigenvalue weighted by molar-refractivity contribution is 5.71. The van der Waals surface area contributed by atoms with Gasteiger partial charge >= 0.3 is 11.7 Å². The van der Waals surface area contributed by atoms with E-state index in [1.54, 1.807) is 37.0 Å². The first kappa shape index (κ1) is 21.8. The van der Waals surface area contributed by atoms with Crippen LogP contribution in [0.25, 0.3) is 0 Å². The number of methoxy groups -OCH3 is 1. The number of benzene rings is 1. The van der Waals surface area contributed by atoms with Crippen molar-refractivity contribution in [2.45, 2.75) is 25.7 Å². The smallest absolute Gasteiger partial charge is 0.422 e. The van der Waals surface area contributed by atoms with Crippen molar-refractivity contribution in [2.75, 3.05) is 13.7 Å². The van der Waals surface area contributed by atoms with Gasteiger partial charge in [-0.25, -0.2) is 9.78 Å². The minimum absolute atomic E-state index is 0.0700. The summed E-state index contributed by atoms with van der Waals surface area (Å²) in [7, 11) is 3.13. The number of nitriles is 1. The predicted molar refractivity (Wildman–Crippen MR) is 112 cm³/mol. The number of carbonyl (C=O) groups is 1. The van der Waals surface area contributed by atoms with E-state index in [-0.39, 0.29) is 18.2 Å². The van der Waals surface area contributed by atoms with Crippen molar-refractivity contribution in [2.24, 2.45) is 7.05 Å². The molecule has 1 aromatic carbocycles. The van der Waals surface area contributed by atoms with Crippen LogP contribution in [-0.4, -0.2) is 39.1 Å². The SMILES string of the molecule is CCOC(=O)n1c(C(C)C(c2cnn(C)c2)c2ccccc2C#N)ncc(OC)c1=O. The molecule has 2 atom stereocenters. The molecule has 9 nitrogen and oxygen atoms in total. The molecule has 0 radical (unpaired) electrons. The van der Waals surface area contributed by atoms with Crippen LogP contribution in [0, 0.1) is 11.3 Å². The van der Waals surface area contributed by atoms with Crippen LogP contribution in [0.15, 0.2) is 47.7 Å². The lowest BCUT2D eigenvalue weighted by Gasteiger charge is -2.25. The first-order valence-corrected chi connectivity index (χ1v) is 9.73.